The van der Waals surface area contributed by atoms with Gasteiger partial charge in [0.2, 0.25) is 0 Å². The summed E-state index contributed by atoms with van der Waals surface area (Å²) in [6.07, 6.45) is 3.60. The van der Waals surface area contributed by atoms with Gasteiger partial charge in [0.15, 0.2) is 5.96 Å². The highest BCUT2D eigenvalue weighted by Gasteiger charge is 2.24. The highest BCUT2D eigenvalue weighted by molar-refractivity contribution is 5.80. The van der Waals surface area contributed by atoms with E-state index in [4.69, 9.17) is 14.5 Å². The van der Waals surface area contributed by atoms with E-state index in [0.717, 1.165) is 51.7 Å². The Labute approximate surface area is 166 Å². The van der Waals surface area contributed by atoms with Gasteiger partial charge < -0.3 is 29.5 Å². The molecule has 2 aliphatic rings. The molecule has 0 aliphatic carbocycles. The molecule has 27 heavy (non-hydrogen) atoms. The first-order valence-corrected chi connectivity index (χ1v) is 10.7. The van der Waals surface area contributed by atoms with Crippen LogP contribution in [-0.4, -0.2) is 114 Å². The van der Waals surface area contributed by atoms with Gasteiger partial charge in [-0.3, -0.25) is 4.99 Å². The third kappa shape index (κ3) is 8.77. The summed E-state index contributed by atoms with van der Waals surface area (Å²) in [6.45, 7) is 14.3. The Hall–Kier alpha value is -0.890. The predicted molar refractivity (Wildman–Crippen MR) is 112 cm³/mol. The monoisotopic (exact) mass is 383 g/mol. The average Bonchev–Trinajstić information content (AvgIpc) is 3.04. The van der Waals surface area contributed by atoms with Crippen LogP contribution in [0.2, 0.25) is 0 Å². The molecule has 2 saturated heterocycles. The van der Waals surface area contributed by atoms with E-state index in [2.05, 4.69) is 34.0 Å². The number of aliphatic imine (C=N–C) groups is 1. The molecule has 1 N–H and O–H groups in total. The maximum atomic E-state index is 5.71. The molecule has 0 amide bonds. The van der Waals surface area contributed by atoms with E-state index in [1.165, 1.54) is 39.0 Å². The molecule has 2 fully saturated rings. The van der Waals surface area contributed by atoms with Crippen molar-refractivity contribution >= 4 is 5.96 Å². The maximum Gasteiger partial charge on any atom is 0.193 e. The molecule has 0 aromatic rings. The van der Waals surface area contributed by atoms with Crippen molar-refractivity contribution in [3.63, 3.8) is 0 Å². The van der Waals surface area contributed by atoms with Gasteiger partial charge in [-0.25, -0.2) is 0 Å². The van der Waals surface area contributed by atoms with Crippen molar-refractivity contribution in [2.45, 2.75) is 26.2 Å². The minimum atomic E-state index is 0.597. The van der Waals surface area contributed by atoms with Crippen LogP contribution in [0.3, 0.4) is 0 Å². The lowest BCUT2D eigenvalue weighted by atomic mass is 10.1. The molecule has 158 valence electrons. The smallest absolute Gasteiger partial charge is 0.193 e. The first kappa shape index (κ1) is 22.4. The number of guanidine groups is 1. The van der Waals surface area contributed by atoms with Crippen molar-refractivity contribution in [1.29, 1.82) is 0 Å². The summed E-state index contributed by atoms with van der Waals surface area (Å²) < 4.78 is 10.7. The second kappa shape index (κ2) is 13.3. The van der Waals surface area contributed by atoms with E-state index >= 15 is 0 Å². The predicted octanol–water partition coefficient (Wildman–Crippen LogP) is 0.964. The summed E-state index contributed by atoms with van der Waals surface area (Å²) in [5.74, 6) is 1.67. The van der Waals surface area contributed by atoms with E-state index in [-0.39, 0.29) is 0 Å². The number of ether oxygens (including phenoxy) is 2. The molecule has 0 radical (unpaired) electrons. The number of nitrogens with one attached hydrogen (secondary N) is 1. The van der Waals surface area contributed by atoms with Crippen LogP contribution >= 0.6 is 0 Å². The Balaban J connectivity index is 1.69. The van der Waals surface area contributed by atoms with Gasteiger partial charge >= 0.3 is 0 Å². The van der Waals surface area contributed by atoms with Crippen LogP contribution in [0.4, 0.5) is 0 Å². The van der Waals surface area contributed by atoms with Crippen LogP contribution in [0.15, 0.2) is 4.99 Å². The third-order valence-electron chi connectivity index (χ3n) is 5.41. The Morgan fingerprint density at radius 3 is 2.85 bits per heavy atom. The van der Waals surface area contributed by atoms with Gasteiger partial charge in [0.25, 0.3) is 0 Å². The fourth-order valence-electron chi connectivity index (χ4n) is 3.78. The van der Waals surface area contributed by atoms with Gasteiger partial charge in [0, 0.05) is 52.3 Å². The Kier molecular flexibility index (Phi) is 11.0. The summed E-state index contributed by atoms with van der Waals surface area (Å²) in [6, 6.07) is 0. The number of likely N-dealkylation sites (tertiary alicyclic amines) is 1. The Bertz CT molecular complexity index is 421. The van der Waals surface area contributed by atoms with Crippen LogP contribution < -0.4 is 5.32 Å². The standard InChI is InChI=1S/C20H41N5O2/c1-4-21-20(25-12-7-19(17-25)18-27-16-15-26-3)22-8-5-10-24-11-6-9-23(2)13-14-24/h19H,4-18H2,1-3H3,(H,21,22). The van der Waals surface area contributed by atoms with E-state index in [0.29, 0.717) is 19.1 Å². The lowest BCUT2D eigenvalue weighted by molar-refractivity contribution is 0.0536. The molecule has 1 unspecified atom stereocenters. The molecule has 1 atom stereocenters. The summed E-state index contributed by atoms with van der Waals surface area (Å²) in [7, 11) is 3.94. The van der Waals surface area contributed by atoms with Crippen LogP contribution in [-0.2, 0) is 9.47 Å². The Morgan fingerprint density at radius 1 is 1.15 bits per heavy atom. The topological polar surface area (TPSA) is 52.6 Å². The molecule has 0 bridgehead atoms. The van der Waals surface area contributed by atoms with Crippen LogP contribution in [0, 0.1) is 5.92 Å². The van der Waals surface area contributed by atoms with Gasteiger partial charge in [-0.1, -0.05) is 0 Å². The van der Waals surface area contributed by atoms with Gasteiger partial charge in [0.1, 0.15) is 0 Å². The lowest BCUT2D eigenvalue weighted by Gasteiger charge is -2.22. The zero-order valence-electron chi connectivity index (χ0n) is 17.8. The molecular weight excluding hydrogens is 342 g/mol. The van der Waals surface area contributed by atoms with E-state index < -0.39 is 0 Å². The molecule has 2 aliphatic heterocycles. The van der Waals surface area contributed by atoms with Crippen molar-refractivity contribution in [2.75, 3.05) is 92.9 Å². The fraction of sp³-hybridized carbons (Fsp3) is 0.950. The number of hydrogen-bond donors (Lipinski definition) is 1. The zero-order valence-corrected chi connectivity index (χ0v) is 17.8. The number of hydrogen-bond acceptors (Lipinski definition) is 5. The number of nitrogens with zero attached hydrogens (tertiary/aromatic N) is 4. The van der Waals surface area contributed by atoms with Crippen molar-refractivity contribution in [1.82, 2.24) is 20.0 Å². The summed E-state index contributed by atoms with van der Waals surface area (Å²) in [4.78, 5) is 12.3. The maximum absolute atomic E-state index is 5.71. The summed E-state index contributed by atoms with van der Waals surface area (Å²) in [5, 5.41) is 3.47. The van der Waals surface area contributed by atoms with Crippen molar-refractivity contribution in [2.24, 2.45) is 10.9 Å². The molecule has 0 aromatic carbocycles. The number of likely N-dealkylation sites (N-methyl/N-ethyl adjacent to an activating group) is 1. The fourth-order valence-corrected chi connectivity index (χ4v) is 3.78. The molecule has 7 heteroatoms. The second-order valence-corrected chi connectivity index (χ2v) is 7.76. The first-order chi connectivity index (χ1) is 13.2. The Morgan fingerprint density at radius 2 is 2.04 bits per heavy atom. The van der Waals surface area contributed by atoms with Crippen molar-refractivity contribution in [3.8, 4) is 0 Å². The number of rotatable bonds is 10. The zero-order chi connectivity index (χ0) is 19.3. The summed E-state index contributed by atoms with van der Waals surface area (Å²) in [5.41, 5.74) is 0. The minimum Gasteiger partial charge on any atom is -0.382 e. The molecule has 7 nitrogen and oxygen atoms in total. The number of methoxy groups -OCH3 is 1. The minimum absolute atomic E-state index is 0.597. The normalized spacial score (nSPS) is 23.0. The SMILES string of the molecule is CCNC(=NCCCN1CCCN(C)CC1)N1CCC(COCCOC)C1. The molecule has 0 aromatic heterocycles. The van der Waals surface area contributed by atoms with Crippen LogP contribution in [0.5, 0.6) is 0 Å². The van der Waals surface area contributed by atoms with Gasteiger partial charge in [-0.15, -0.1) is 0 Å². The average molecular weight is 384 g/mol. The van der Waals surface area contributed by atoms with E-state index in [9.17, 15) is 0 Å². The van der Waals surface area contributed by atoms with E-state index in [1.54, 1.807) is 7.11 Å². The van der Waals surface area contributed by atoms with E-state index in [1.807, 2.05) is 0 Å². The highest BCUT2D eigenvalue weighted by Crippen LogP contribution is 2.16. The largest absolute Gasteiger partial charge is 0.382 e. The van der Waals surface area contributed by atoms with Crippen molar-refractivity contribution < 1.29 is 9.47 Å². The second-order valence-electron chi connectivity index (χ2n) is 7.76. The molecule has 0 saturated carbocycles. The van der Waals surface area contributed by atoms with Crippen molar-refractivity contribution in [3.05, 3.63) is 0 Å². The van der Waals surface area contributed by atoms with Crippen LogP contribution in [0.25, 0.3) is 0 Å². The molecule has 2 heterocycles. The third-order valence-corrected chi connectivity index (χ3v) is 5.41. The van der Waals surface area contributed by atoms with Gasteiger partial charge in [0.05, 0.1) is 19.8 Å². The first-order valence-electron chi connectivity index (χ1n) is 10.7. The highest BCUT2D eigenvalue weighted by atomic mass is 16.5. The molecular formula is C20H41N5O2. The lowest BCUT2D eigenvalue weighted by Crippen LogP contribution is -2.40. The molecule has 0 spiro atoms. The summed E-state index contributed by atoms with van der Waals surface area (Å²) >= 11 is 0. The molecule has 2 rings (SSSR count). The van der Waals surface area contributed by atoms with Crippen LogP contribution in [0.1, 0.15) is 26.2 Å². The quantitative estimate of drug-likeness (QED) is 0.345. The van der Waals surface area contributed by atoms with Gasteiger partial charge in [-0.2, -0.15) is 0 Å². The van der Waals surface area contributed by atoms with Gasteiger partial charge in [-0.05, 0) is 52.9 Å².